The summed E-state index contributed by atoms with van der Waals surface area (Å²) in [6.45, 7) is 6.08. The number of benzene rings is 3. The molecule has 176 valence electrons. The molecule has 0 aliphatic heterocycles. The molecule has 0 heterocycles. The van der Waals surface area contributed by atoms with Gasteiger partial charge in [0.1, 0.15) is 11.6 Å². The fourth-order valence-corrected chi connectivity index (χ4v) is 4.67. The third kappa shape index (κ3) is 5.27. The molecule has 1 nitrogen and oxygen atoms in total. The summed E-state index contributed by atoms with van der Waals surface area (Å²) in [5, 5.41) is 0. The van der Waals surface area contributed by atoms with Gasteiger partial charge in [-0.15, -0.1) is 0 Å². The molecule has 0 N–H and O–H groups in total. The summed E-state index contributed by atoms with van der Waals surface area (Å²) >= 11 is 0. The minimum absolute atomic E-state index is 0.168. The Hall–Kier alpha value is -3.27. The quantitative estimate of drug-likeness (QED) is 0.341. The van der Waals surface area contributed by atoms with E-state index in [-0.39, 0.29) is 28.8 Å². The van der Waals surface area contributed by atoms with Crippen molar-refractivity contribution in [1.29, 1.82) is 0 Å². The highest BCUT2D eigenvalue weighted by Crippen LogP contribution is 2.38. The molecule has 0 bridgehead atoms. The van der Waals surface area contributed by atoms with Crippen molar-refractivity contribution in [2.75, 3.05) is 6.61 Å². The predicted molar refractivity (Wildman–Crippen MR) is 133 cm³/mol. The van der Waals surface area contributed by atoms with Crippen molar-refractivity contribution >= 4 is 12.2 Å². The fourth-order valence-electron chi connectivity index (χ4n) is 4.67. The maximum Gasteiger partial charge on any atom is 0.167 e. The second-order valence-corrected chi connectivity index (χ2v) is 8.74. The van der Waals surface area contributed by atoms with E-state index in [1.165, 1.54) is 6.07 Å². The van der Waals surface area contributed by atoms with Crippen molar-refractivity contribution in [3.8, 4) is 16.9 Å². The highest BCUT2D eigenvalue weighted by molar-refractivity contribution is 5.68. The van der Waals surface area contributed by atoms with Crippen LogP contribution in [0, 0.1) is 23.4 Å². The zero-order valence-corrected chi connectivity index (χ0v) is 19.4. The topological polar surface area (TPSA) is 9.23 Å². The summed E-state index contributed by atoms with van der Waals surface area (Å²) in [5.74, 6) is -0.928. The largest absolute Gasteiger partial charge is 0.494 e. The predicted octanol–water partition coefficient (Wildman–Crippen LogP) is 8.80. The van der Waals surface area contributed by atoms with Gasteiger partial charge in [0.15, 0.2) is 11.6 Å². The average molecular weight is 463 g/mol. The van der Waals surface area contributed by atoms with Crippen LogP contribution in [0.3, 0.4) is 0 Å². The van der Waals surface area contributed by atoms with Gasteiger partial charge in [-0.25, -0.2) is 13.2 Å². The third-order valence-corrected chi connectivity index (χ3v) is 6.61. The Balaban J connectivity index is 1.41. The lowest BCUT2D eigenvalue weighted by molar-refractivity contribution is 0.336. The number of hydrogen-bond donors (Lipinski definition) is 0. The molecule has 0 radical (unpaired) electrons. The Kier molecular flexibility index (Phi) is 7.56. The monoisotopic (exact) mass is 462 g/mol. The van der Waals surface area contributed by atoms with Crippen LogP contribution in [0.1, 0.15) is 55.2 Å². The van der Waals surface area contributed by atoms with Crippen LogP contribution in [0.4, 0.5) is 13.2 Å². The molecule has 4 rings (SSSR count). The summed E-state index contributed by atoms with van der Waals surface area (Å²) in [4.78, 5) is 0. The van der Waals surface area contributed by atoms with Crippen molar-refractivity contribution < 1.29 is 17.9 Å². The Bertz CT molecular complexity index is 1170. The number of allylic oxidation sites excluding steroid dienone is 1. The van der Waals surface area contributed by atoms with Gasteiger partial charge in [-0.2, -0.15) is 0 Å². The summed E-state index contributed by atoms with van der Waals surface area (Å²) in [6, 6.07) is 15.5. The molecule has 1 aliphatic carbocycles. The van der Waals surface area contributed by atoms with Crippen LogP contribution in [0.2, 0.25) is 0 Å². The minimum Gasteiger partial charge on any atom is -0.494 e. The SMILES string of the molecule is C=Cc1ccc(-c2ccc(/C=C/C3CCC(c4ccc(OCC)cc4F)CC3)c(F)c2F)cc1. The van der Waals surface area contributed by atoms with Crippen LogP contribution >= 0.6 is 0 Å². The molecular formula is C30H29F3O. The van der Waals surface area contributed by atoms with Crippen LogP contribution in [0.15, 0.2) is 67.3 Å². The van der Waals surface area contributed by atoms with Crippen molar-refractivity contribution in [3.05, 3.63) is 101 Å². The molecule has 4 heteroatoms. The average Bonchev–Trinajstić information content (AvgIpc) is 2.86. The van der Waals surface area contributed by atoms with Crippen molar-refractivity contribution in [3.63, 3.8) is 0 Å². The van der Waals surface area contributed by atoms with Crippen molar-refractivity contribution in [2.45, 2.75) is 38.5 Å². The zero-order chi connectivity index (χ0) is 24.1. The molecule has 0 amide bonds. The molecule has 0 unspecified atom stereocenters. The first kappa shape index (κ1) is 23.9. The van der Waals surface area contributed by atoms with Crippen LogP contribution in [0.5, 0.6) is 5.75 Å². The molecule has 0 saturated heterocycles. The molecular weight excluding hydrogens is 433 g/mol. The fraction of sp³-hybridized carbons (Fsp3) is 0.267. The zero-order valence-electron chi connectivity index (χ0n) is 19.4. The Labute approximate surface area is 199 Å². The van der Waals surface area contributed by atoms with E-state index in [1.54, 1.807) is 36.4 Å². The first-order valence-electron chi connectivity index (χ1n) is 11.8. The van der Waals surface area contributed by atoms with E-state index in [0.29, 0.717) is 17.9 Å². The van der Waals surface area contributed by atoms with E-state index >= 15 is 0 Å². The lowest BCUT2D eigenvalue weighted by Gasteiger charge is -2.27. The van der Waals surface area contributed by atoms with Crippen LogP contribution < -0.4 is 4.74 Å². The molecule has 0 spiro atoms. The van der Waals surface area contributed by atoms with Gasteiger partial charge in [0.2, 0.25) is 0 Å². The van der Waals surface area contributed by atoms with E-state index in [2.05, 4.69) is 6.58 Å². The number of ether oxygens (including phenoxy) is 1. The maximum atomic E-state index is 14.8. The lowest BCUT2D eigenvalue weighted by Crippen LogP contribution is -2.13. The Morgan fingerprint density at radius 2 is 1.65 bits per heavy atom. The maximum absolute atomic E-state index is 14.8. The molecule has 34 heavy (non-hydrogen) atoms. The molecule has 0 atom stereocenters. The minimum atomic E-state index is -0.844. The second kappa shape index (κ2) is 10.8. The van der Waals surface area contributed by atoms with Gasteiger partial charge < -0.3 is 4.74 Å². The van der Waals surface area contributed by atoms with Gasteiger partial charge in [-0.1, -0.05) is 67.3 Å². The van der Waals surface area contributed by atoms with E-state index in [1.807, 2.05) is 37.3 Å². The van der Waals surface area contributed by atoms with E-state index in [0.717, 1.165) is 36.8 Å². The van der Waals surface area contributed by atoms with Gasteiger partial charge in [0.05, 0.1) is 6.61 Å². The molecule has 1 aliphatic rings. The first-order valence-corrected chi connectivity index (χ1v) is 11.8. The molecule has 1 saturated carbocycles. The third-order valence-electron chi connectivity index (χ3n) is 6.61. The van der Waals surface area contributed by atoms with Gasteiger partial charge in [0.25, 0.3) is 0 Å². The summed E-state index contributed by atoms with van der Waals surface area (Å²) < 4.78 is 49.4. The van der Waals surface area contributed by atoms with Gasteiger partial charge >= 0.3 is 0 Å². The van der Waals surface area contributed by atoms with Crippen LogP contribution in [0.25, 0.3) is 23.3 Å². The Morgan fingerprint density at radius 3 is 2.29 bits per heavy atom. The second-order valence-electron chi connectivity index (χ2n) is 8.74. The molecule has 1 fully saturated rings. The summed E-state index contributed by atoms with van der Waals surface area (Å²) in [7, 11) is 0. The number of hydrogen-bond acceptors (Lipinski definition) is 1. The molecule has 3 aromatic rings. The highest BCUT2D eigenvalue weighted by atomic mass is 19.2. The number of rotatable bonds is 7. The lowest BCUT2D eigenvalue weighted by atomic mass is 9.78. The highest BCUT2D eigenvalue weighted by Gasteiger charge is 2.23. The summed E-state index contributed by atoms with van der Waals surface area (Å²) in [6.07, 6.45) is 8.81. The van der Waals surface area contributed by atoms with Gasteiger partial charge in [0, 0.05) is 17.2 Å². The molecule has 0 aromatic heterocycles. The van der Waals surface area contributed by atoms with E-state index < -0.39 is 11.6 Å². The van der Waals surface area contributed by atoms with Gasteiger partial charge in [-0.05, 0) is 67.2 Å². The van der Waals surface area contributed by atoms with Gasteiger partial charge in [-0.3, -0.25) is 0 Å². The first-order chi connectivity index (χ1) is 16.5. The smallest absolute Gasteiger partial charge is 0.167 e. The van der Waals surface area contributed by atoms with Crippen molar-refractivity contribution in [1.82, 2.24) is 0 Å². The van der Waals surface area contributed by atoms with Crippen LogP contribution in [-0.4, -0.2) is 6.61 Å². The summed E-state index contributed by atoms with van der Waals surface area (Å²) in [5.41, 5.74) is 2.75. The normalized spacial score (nSPS) is 18.2. The number of halogens is 3. The molecule has 3 aromatic carbocycles. The van der Waals surface area contributed by atoms with Crippen LogP contribution in [-0.2, 0) is 0 Å². The van der Waals surface area contributed by atoms with E-state index in [9.17, 15) is 13.2 Å². The Morgan fingerprint density at radius 1 is 0.912 bits per heavy atom. The standard InChI is InChI=1S/C30H29F3O/c1-3-20-5-10-23(11-6-20)27-17-15-24(29(32)30(27)33)14-9-21-7-12-22(13-8-21)26-18-16-25(34-4-2)19-28(26)31/h3,5-6,9-11,14-19,21-22H,1,4,7-8,12-13H2,2H3/b14-9+. The van der Waals surface area contributed by atoms with E-state index in [4.69, 9.17) is 4.74 Å². The van der Waals surface area contributed by atoms with Crippen molar-refractivity contribution in [2.24, 2.45) is 5.92 Å².